The maximum absolute atomic E-state index is 11.8. The average Bonchev–Trinajstić information content (AvgIpc) is 2.87. The second-order valence-electron chi connectivity index (χ2n) is 3.36. The lowest BCUT2D eigenvalue weighted by molar-refractivity contribution is 0.0739. The number of hydrogen-bond donors (Lipinski definition) is 1. The smallest absolute Gasteiger partial charge is 0.275 e. The molecule has 0 saturated carbocycles. The Hall–Kier alpha value is -0.720. The molecule has 15 heavy (non-hydrogen) atoms. The molecule has 1 aromatic rings. The van der Waals surface area contributed by atoms with Crippen LogP contribution < -0.4 is 5.32 Å². The first-order chi connectivity index (χ1) is 6.79. The lowest BCUT2D eigenvalue weighted by atomic mass is 10.2. The van der Waals surface area contributed by atoms with Gasteiger partial charge in [-0.3, -0.25) is 4.79 Å². The van der Waals surface area contributed by atoms with Crippen LogP contribution in [0.5, 0.6) is 0 Å². The van der Waals surface area contributed by atoms with E-state index >= 15 is 0 Å². The van der Waals surface area contributed by atoms with E-state index in [9.17, 15) is 4.79 Å². The minimum Gasteiger partial charge on any atom is -0.336 e. The Morgan fingerprint density at radius 1 is 1.73 bits per heavy atom. The molecule has 2 heterocycles. The van der Waals surface area contributed by atoms with Crippen molar-refractivity contribution in [2.75, 3.05) is 20.1 Å². The van der Waals surface area contributed by atoms with Gasteiger partial charge in [0.25, 0.3) is 5.91 Å². The zero-order valence-electron chi connectivity index (χ0n) is 8.34. The van der Waals surface area contributed by atoms with Crippen LogP contribution in [0.25, 0.3) is 0 Å². The molecule has 1 saturated heterocycles. The van der Waals surface area contributed by atoms with Crippen molar-refractivity contribution >= 4 is 30.0 Å². The summed E-state index contributed by atoms with van der Waals surface area (Å²) in [5.74, 6) is -0.0348. The van der Waals surface area contributed by atoms with E-state index in [4.69, 9.17) is 0 Å². The summed E-state index contributed by atoms with van der Waals surface area (Å²) < 4.78 is 7.75. The van der Waals surface area contributed by atoms with Gasteiger partial charge >= 0.3 is 0 Å². The number of nitrogens with one attached hydrogen (secondary N) is 1. The Balaban J connectivity index is 0.00000112. The number of halogens is 1. The van der Waals surface area contributed by atoms with Crippen LogP contribution in [-0.2, 0) is 0 Å². The number of carbonyl (C=O) groups excluding carboxylic acids is 1. The van der Waals surface area contributed by atoms with Gasteiger partial charge in [-0.1, -0.05) is 0 Å². The van der Waals surface area contributed by atoms with Gasteiger partial charge in [-0.05, 0) is 13.0 Å². The monoisotopic (exact) mass is 248 g/mol. The van der Waals surface area contributed by atoms with Gasteiger partial charge in [-0.15, -0.1) is 12.4 Å². The van der Waals surface area contributed by atoms with Crippen molar-refractivity contribution in [3.05, 3.63) is 11.9 Å². The summed E-state index contributed by atoms with van der Waals surface area (Å²) >= 11 is 1.06. The quantitative estimate of drug-likeness (QED) is 0.823. The van der Waals surface area contributed by atoms with E-state index in [1.54, 1.807) is 4.90 Å². The highest BCUT2D eigenvalue weighted by atomic mass is 35.5. The Labute approximate surface area is 98.6 Å². The molecule has 2 rings (SSSR count). The number of amides is 1. The van der Waals surface area contributed by atoms with E-state index in [2.05, 4.69) is 14.1 Å². The summed E-state index contributed by atoms with van der Waals surface area (Å²) in [5.41, 5.74) is 0.449. The molecule has 1 aliphatic heterocycles. The molecule has 0 radical (unpaired) electrons. The van der Waals surface area contributed by atoms with E-state index < -0.39 is 0 Å². The fraction of sp³-hybridized carbons (Fsp3) is 0.625. The molecule has 0 aromatic carbocycles. The van der Waals surface area contributed by atoms with Gasteiger partial charge in [0.2, 0.25) is 0 Å². The number of aromatic nitrogens is 2. The van der Waals surface area contributed by atoms with Crippen molar-refractivity contribution < 1.29 is 4.79 Å². The van der Waals surface area contributed by atoms with E-state index in [1.807, 2.05) is 7.05 Å². The first-order valence-corrected chi connectivity index (χ1v) is 5.27. The average molecular weight is 249 g/mol. The normalized spacial score (nSPS) is 19.7. The van der Waals surface area contributed by atoms with Gasteiger partial charge in [0.05, 0.1) is 17.9 Å². The van der Waals surface area contributed by atoms with E-state index in [0.29, 0.717) is 11.7 Å². The third-order valence-electron chi connectivity index (χ3n) is 2.48. The summed E-state index contributed by atoms with van der Waals surface area (Å²) in [7, 11) is 1.82. The van der Waals surface area contributed by atoms with Crippen molar-refractivity contribution in [1.82, 2.24) is 19.0 Å². The van der Waals surface area contributed by atoms with E-state index in [-0.39, 0.29) is 18.3 Å². The lowest BCUT2D eigenvalue weighted by Crippen LogP contribution is -2.38. The first kappa shape index (κ1) is 12.4. The summed E-state index contributed by atoms with van der Waals surface area (Å²) in [6.45, 7) is 1.86. The minimum atomic E-state index is -0.0348. The van der Waals surface area contributed by atoms with Crippen molar-refractivity contribution in [1.29, 1.82) is 0 Å². The molecular formula is C8H13ClN4OS. The molecule has 1 N–H and O–H groups in total. The van der Waals surface area contributed by atoms with Crippen LogP contribution in [0.3, 0.4) is 0 Å². The topological polar surface area (TPSA) is 58.1 Å². The van der Waals surface area contributed by atoms with E-state index in [0.717, 1.165) is 31.2 Å². The van der Waals surface area contributed by atoms with Crippen LogP contribution in [0.1, 0.15) is 16.9 Å². The standard InChI is InChI=1S/C8H12N4OS.ClH/c1-12(6-2-3-9-4-6)8(13)7-5-10-14-11-7;/h5-6,9H,2-4H2,1H3;1H. The predicted octanol–water partition coefficient (Wildman–Crippen LogP) is 0.394. The highest BCUT2D eigenvalue weighted by Gasteiger charge is 2.24. The zero-order valence-corrected chi connectivity index (χ0v) is 9.98. The Bertz CT molecular complexity index is 312. The van der Waals surface area contributed by atoms with Crippen LogP contribution in [0.2, 0.25) is 0 Å². The minimum absolute atomic E-state index is 0. The van der Waals surface area contributed by atoms with Gasteiger partial charge in [-0.2, -0.15) is 8.75 Å². The molecule has 1 amide bonds. The van der Waals surface area contributed by atoms with Gasteiger partial charge < -0.3 is 10.2 Å². The number of nitrogens with zero attached hydrogens (tertiary/aromatic N) is 3. The second kappa shape index (κ2) is 5.39. The lowest BCUT2D eigenvalue weighted by Gasteiger charge is -2.22. The molecular weight excluding hydrogens is 236 g/mol. The molecule has 1 unspecified atom stereocenters. The number of rotatable bonds is 2. The summed E-state index contributed by atoms with van der Waals surface area (Å²) in [6, 6.07) is 0.296. The summed E-state index contributed by atoms with van der Waals surface area (Å²) in [5, 5.41) is 3.23. The largest absolute Gasteiger partial charge is 0.336 e. The van der Waals surface area contributed by atoms with Gasteiger partial charge in [0.15, 0.2) is 5.69 Å². The molecule has 0 spiro atoms. The van der Waals surface area contributed by atoms with Gasteiger partial charge in [0, 0.05) is 19.6 Å². The Morgan fingerprint density at radius 3 is 3.07 bits per heavy atom. The molecule has 1 aliphatic rings. The third kappa shape index (κ3) is 2.64. The van der Waals surface area contributed by atoms with Crippen molar-refractivity contribution in [2.45, 2.75) is 12.5 Å². The fourth-order valence-electron chi connectivity index (χ4n) is 1.58. The number of hydrogen-bond acceptors (Lipinski definition) is 5. The molecule has 0 bridgehead atoms. The maximum Gasteiger partial charge on any atom is 0.275 e. The van der Waals surface area contributed by atoms with Crippen molar-refractivity contribution in [3.8, 4) is 0 Å². The summed E-state index contributed by atoms with van der Waals surface area (Å²) in [4.78, 5) is 13.5. The van der Waals surface area contributed by atoms with Gasteiger partial charge in [0.1, 0.15) is 0 Å². The molecule has 1 fully saturated rings. The van der Waals surface area contributed by atoms with Crippen molar-refractivity contribution in [2.24, 2.45) is 0 Å². The number of carbonyl (C=O) groups is 1. The first-order valence-electron chi connectivity index (χ1n) is 4.54. The van der Waals surface area contributed by atoms with Crippen LogP contribution >= 0.6 is 24.1 Å². The van der Waals surface area contributed by atoms with E-state index in [1.165, 1.54) is 6.20 Å². The van der Waals surface area contributed by atoms with Crippen LogP contribution in [-0.4, -0.2) is 45.7 Å². The predicted molar refractivity (Wildman–Crippen MR) is 60.5 cm³/mol. The molecule has 5 nitrogen and oxygen atoms in total. The van der Waals surface area contributed by atoms with Gasteiger partial charge in [-0.25, -0.2) is 0 Å². The maximum atomic E-state index is 11.8. The molecule has 1 aromatic heterocycles. The fourth-order valence-corrected chi connectivity index (χ4v) is 1.98. The Morgan fingerprint density at radius 2 is 2.53 bits per heavy atom. The SMILES string of the molecule is CN(C(=O)c1cnsn1)C1CCNC1.Cl. The van der Waals surface area contributed by atoms with Crippen LogP contribution in [0, 0.1) is 0 Å². The summed E-state index contributed by atoms with van der Waals surface area (Å²) in [6.07, 6.45) is 2.53. The van der Waals surface area contributed by atoms with Crippen molar-refractivity contribution in [3.63, 3.8) is 0 Å². The Kier molecular flexibility index (Phi) is 4.44. The van der Waals surface area contributed by atoms with Crippen LogP contribution in [0.4, 0.5) is 0 Å². The number of likely N-dealkylation sites (N-methyl/N-ethyl adjacent to an activating group) is 1. The molecule has 1 atom stereocenters. The molecule has 0 aliphatic carbocycles. The third-order valence-corrected chi connectivity index (χ3v) is 2.96. The molecule has 84 valence electrons. The second-order valence-corrected chi connectivity index (χ2v) is 3.91. The molecule has 7 heteroatoms. The zero-order chi connectivity index (χ0) is 9.97. The van der Waals surface area contributed by atoms with Crippen LogP contribution in [0.15, 0.2) is 6.20 Å². The highest BCUT2D eigenvalue weighted by molar-refractivity contribution is 6.99. The highest BCUT2D eigenvalue weighted by Crippen LogP contribution is 2.09.